The Labute approximate surface area is 211 Å². The second-order valence-corrected chi connectivity index (χ2v) is 10.1. The molecule has 1 aromatic heterocycles. The number of hydrogen-bond donors (Lipinski definition) is 1. The van der Waals surface area contributed by atoms with Crippen molar-refractivity contribution in [3.63, 3.8) is 0 Å². The molecule has 2 aliphatic carbocycles. The number of carbonyl (C=O) groups is 2. The number of esters is 1. The zero-order valence-electron chi connectivity index (χ0n) is 19.7. The van der Waals surface area contributed by atoms with Gasteiger partial charge >= 0.3 is 5.97 Å². The number of non-ortho nitro benzene ring substituents is 1. The Hall–Kier alpha value is -3.97. The van der Waals surface area contributed by atoms with Gasteiger partial charge in [0.25, 0.3) is 5.69 Å². The second-order valence-electron chi connectivity index (χ2n) is 9.05. The molecule has 0 amide bonds. The molecule has 2 N–H and O–H groups in total. The number of Topliss-reactive ketones (excluding diaryl/α,β-unsaturated/α-hetero) is 1. The molecule has 1 aromatic carbocycles. The molecule has 36 heavy (non-hydrogen) atoms. The van der Waals surface area contributed by atoms with Crippen molar-refractivity contribution in [2.24, 2.45) is 5.73 Å². The number of hydrogen-bond acceptors (Lipinski definition) is 9. The molecule has 10 heteroatoms. The summed E-state index contributed by atoms with van der Waals surface area (Å²) in [5, 5.41) is 22.2. The van der Waals surface area contributed by atoms with Crippen LogP contribution in [0.15, 0.2) is 46.9 Å². The third-order valence-corrected chi connectivity index (χ3v) is 8.35. The Bertz CT molecular complexity index is 1410. The van der Waals surface area contributed by atoms with Gasteiger partial charge in [-0.3, -0.25) is 19.8 Å². The van der Waals surface area contributed by atoms with Gasteiger partial charge in [-0.1, -0.05) is 12.1 Å². The quantitative estimate of drug-likeness (QED) is 0.361. The van der Waals surface area contributed by atoms with Gasteiger partial charge in [0.15, 0.2) is 5.78 Å². The largest absolute Gasteiger partial charge is 0.465 e. The number of rotatable bonds is 4. The zero-order valence-corrected chi connectivity index (χ0v) is 20.5. The van der Waals surface area contributed by atoms with Gasteiger partial charge in [-0.15, -0.1) is 11.3 Å². The number of nitriles is 1. The number of ketones is 1. The maximum Gasteiger partial charge on any atom is 0.341 e. The second kappa shape index (κ2) is 9.24. The van der Waals surface area contributed by atoms with E-state index in [1.807, 2.05) is 0 Å². The third-order valence-electron chi connectivity index (χ3n) is 7.07. The smallest absolute Gasteiger partial charge is 0.341 e. The van der Waals surface area contributed by atoms with Gasteiger partial charge in [-0.2, -0.15) is 5.26 Å². The van der Waals surface area contributed by atoms with Gasteiger partial charge in [0.2, 0.25) is 0 Å². The monoisotopic (exact) mass is 504 g/mol. The fraction of sp³-hybridized carbons (Fsp3) is 0.346. The first-order valence-corrected chi connectivity index (χ1v) is 12.6. The van der Waals surface area contributed by atoms with E-state index in [1.165, 1.54) is 30.6 Å². The van der Waals surface area contributed by atoms with Crippen molar-refractivity contribution < 1.29 is 19.2 Å². The molecular weight excluding hydrogens is 480 g/mol. The van der Waals surface area contributed by atoms with Crippen LogP contribution in [0.25, 0.3) is 0 Å². The van der Waals surface area contributed by atoms with Gasteiger partial charge in [0.05, 0.1) is 35.2 Å². The van der Waals surface area contributed by atoms with Crippen LogP contribution in [0.1, 0.15) is 64.4 Å². The van der Waals surface area contributed by atoms with E-state index < -0.39 is 16.8 Å². The van der Waals surface area contributed by atoms with Gasteiger partial charge in [0.1, 0.15) is 10.8 Å². The van der Waals surface area contributed by atoms with Crippen molar-refractivity contribution in [3.8, 4) is 6.07 Å². The van der Waals surface area contributed by atoms with Gasteiger partial charge in [-0.05, 0) is 49.7 Å². The number of allylic oxidation sites excluding steroid dienone is 3. The molecule has 0 saturated heterocycles. The number of carbonyl (C=O) groups excluding carboxylic acids is 2. The third kappa shape index (κ3) is 3.67. The molecule has 0 spiro atoms. The Morgan fingerprint density at radius 2 is 2.03 bits per heavy atom. The molecule has 184 valence electrons. The predicted octanol–water partition coefficient (Wildman–Crippen LogP) is 4.63. The Morgan fingerprint density at radius 1 is 1.25 bits per heavy atom. The lowest BCUT2D eigenvalue weighted by atomic mass is 9.75. The van der Waals surface area contributed by atoms with E-state index in [1.54, 1.807) is 17.0 Å². The van der Waals surface area contributed by atoms with E-state index in [-0.39, 0.29) is 22.9 Å². The first-order valence-electron chi connectivity index (χ1n) is 11.8. The van der Waals surface area contributed by atoms with Gasteiger partial charge in [0, 0.05) is 34.7 Å². The van der Waals surface area contributed by atoms with Crippen molar-refractivity contribution in [3.05, 3.63) is 78.6 Å². The number of nitro groups is 1. The molecule has 0 unspecified atom stereocenters. The number of nitrogens with zero attached hydrogens (tertiary/aromatic N) is 3. The fourth-order valence-corrected chi connectivity index (χ4v) is 6.91. The fourth-order valence-electron chi connectivity index (χ4n) is 5.49. The lowest BCUT2D eigenvalue weighted by molar-refractivity contribution is -0.384. The molecule has 0 fully saturated rings. The predicted molar refractivity (Wildman–Crippen MR) is 133 cm³/mol. The lowest BCUT2D eigenvalue weighted by Crippen LogP contribution is -2.39. The van der Waals surface area contributed by atoms with E-state index in [9.17, 15) is 25.0 Å². The van der Waals surface area contributed by atoms with E-state index in [0.717, 1.165) is 36.1 Å². The summed E-state index contributed by atoms with van der Waals surface area (Å²) in [4.78, 5) is 40.1. The molecule has 2 aromatic rings. The topological polar surface area (TPSA) is 140 Å². The van der Waals surface area contributed by atoms with E-state index in [2.05, 4.69) is 6.07 Å². The maximum absolute atomic E-state index is 13.4. The summed E-state index contributed by atoms with van der Waals surface area (Å²) in [5.41, 5.74) is 9.58. The first kappa shape index (κ1) is 23.8. The number of nitro benzene ring substituents is 1. The molecule has 1 aliphatic heterocycles. The minimum Gasteiger partial charge on any atom is -0.465 e. The number of benzene rings is 1. The molecule has 0 radical (unpaired) electrons. The highest BCUT2D eigenvalue weighted by Crippen LogP contribution is 2.50. The van der Waals surface area contributed by atoms with Crippen LogP contribution in [0.2, 0.25) is 0 Å². The first-order chi connectivity index (χ1) is 17.4. The van der Waals surface area contributed by atoms with E-state index in [4.69, 9.17) is 10.5 Å². The molecule has 1 atom stereocenters. The summed E-state index contributed by atoms with van der Waals surface area (Å²) >= 11 is 1.46. The van der Waals surface area contributed by atoms with Crippen molar-refractivity contribution in [2.45, 2.75) is 50.9 Å². The number of nitrogens with two attached hydrogens (primary N) is 1. The van der Waals surface area contributed by atoms with Crippen LogP contribution in [-0.4, -0.2) is 23.8 Å². The standard InChI is InChI=1S/C26H24N4O5S/c1-35-26(32)22-16-8-2-3-11-20(16)36-25(22)29-18-9-5-10-19(31)23(18)21(17(13-27)24(29)28)14-6-4-7-15(12-14)30(33)34/h4,6-7,12,21H,2-3,5,8-11,28H2,1H3/t21-/m1/s1. The summed E-state index contributed by atoms with van der Waals surface area (Å²) < 4.78 is 5.14. The summed E-state index contributed by atoms with van der Waals surface area (Å²) in [5.74, 6) is -1.28. The van der Waals surface area contributed by atoms with Crippen LogP contribution in [0, 0.1) is 21.4 Å². The van der Waals surface area contributed by atoms with Gasteiger partial charge in [-0.25, -0.2) is 4.79 Å². The lowest BCUT2D eigenvalue weighted by Gasteiger charge is -2.39. The number of aryl methyl sites for hydroxylation is 1. The summed E-state index contributed by atoms with van der Waals surface area (Å²) in [6.45, 7) is 0. The van der Waals surface area contributed by atoms with Crippen molar-refractivity contribution in [2.75, 3.05) is 12.0 Å². The van der Waals surface area contributed by atoms with Crippen LogP contribution < -0.4 is 10.6 Å². The molecule has 3 aliphatic rings. The number of thiophene rings is 1. The summed E-state index contributed by atoms with van der Waals surface area (Å²) in [7, 11) is 1.34. The molecule has 2 heterocycles. The average Bonchev–Trinajstić information content (AvgIpc) is 3.26. The Balaban J connectivity index is 1.77. The Kier molecular flexibility index (Phi) is 6.10. The molecular formula is C26H24N4O5S. The van der Waals surface area contributed by atoms with E-state index in [0.29, 0.717) is 46.7 Å². The van der Waals surface area contributed by atoms with Crippen LogP contribution in [0.5, 0.6) is 0 Å². The Morgan fingerprint density at radius 3 is 2.75 bits per heavy atom. The average molecular weight is 505 g/mol. The number of anilines is 1. The zero-order chi connectivity index (χ0) is 25.6. The maximum atomic E-state index is 13.4. The van der Waals surface area contributed by atoms with Crippen molar-refractivity contribution in [1.82, 2.24) is 0 Å². The van der Waals surface area contributed by atoms with Gasteiger partial charge < -0.3 is 10.5 Å². The summed E-state index contributed by atoms with van der Waals surface area (Å²) in [6, 6.07) is 8.15. The molecule has 0 bridgehead atoms. The van der Waals surface area contributed by atoms with Crippen LogP contribution >= 0.6 is 11.3 Å². The van der Waals surface area contributed by atoms with Crippen LogP contribution in [0.3, 0.4) is 0 Å². The van der Waals surface area contributed by atoms with Crippen molar-refractivity contribution in [1.29, 1.82) is 5.26 Å². The summed E-state index contributed by atoms with van der Waals surface area (Å²) in [6.07, 6.45) is 5.00. The number of fused-ring (bicyclic) bond motifs is 1. The number of methoxy groups -OCH3 is 1. The highest BCUT2D eigenvalue weighted by atomic mass is 32.1. The van der Waals surface area contributed by atoms with E-state index >= 15 is 0 Å². The van der Waals surface area contributed by atoms with Crippen LogP contribution in [0.4, 0.5) is 10.7 Å². The highest BCUT2D eigenvalue weighted by Gasteiger charge is 2.43. The number of ether oxygens (including phenoxy) is 1. The molecule has 5 rings (SSSR count). The normalized spacial score (nSPS) is 19.5. The van der Waals surface area contributed by atoms with Crippen LogP contribution in [-0.2, 0) is 22.4 Å². The highest BCUT2D eigenvalue weighted by molar-refractivity contribution is 7.16. The molecule has 0 saturated carbocycles. The minimum atomic E-state index is -0.815. The minimum absolute atomic E-state index is 0.126. The SMILES string of the molecule is COC(=O)c1c(N2C(N)=C(C#N)[C@@H](c3cccc([N+](=O)[O-])c3)C3=C2CCCC3=O)sc2c1CCCC2. The van der Waals surface area contributed by atoms with Crippen molar-refractivity contribution >= 4 is 33.8 Å². The molecule has 9 nitrogen and oxygen atoms in total.